The quantitative estimate of drug-likeness (QED) is 0.768. The number of para-hydroxylation sites is 1. The second-order valence-electron chi connectivity index (χ2n) is 5.10. The maximum absolute atomic E-state index is 11.8. The molecule has 0 aliphatic carbocycles. The molecule has 1 aromatic rings. The van der Waals surface area contributed by atoms with E-state index in [0.29, 0.717) is 25.1 Å². The van der Waals surface area contributed by atoms with Crippen LogP contribution in [-0.2, 0) is 4.74 Å². The van der Waals surface area contributed by atoms with Gasteiger partial charge in [-0.25, -0.2) is 4.79 Å². The van der Waals surface area contributed by atoms with Crippen LogP contribution in [-0.4, -0.2) is 44.6 Å². The van der Waals surface area contributed by atoms with E-state index >= 15 is 0 Å². The lowest BCUT2D eigenvalue weighted by Crippen LogP contribution is -2.45. The molecule has 19 heavy (non-hydrogen) atoms. The molecule has 5 heteroatoms. The molecule has 1 fully saturated rings. The second kappa shape index (κ2) is 4.80. The Bertz CT molecular complexity index is 506. The summed E-state index contributed by atoms with van der Waals surface area (Å²) >= 11 is 0. The predicted molar refractivity (Wildman–Crippen MR) is 75.2 cm³/mol. The van der Waals surface area contributed by atoms with Crippen LogP contribution in [0.15, 0.2) is 18.2 Å². The lowest BCUT2D eigenvalue weighted by molar-refractivity contribution is 0.0949. The van der Waals surface area contributed by atoms with E-state index in [4.69, 9.17) is 12.6 Å². The Morgan fingerprint density at radius 1 is 1.58 bits per heavy atom. The minimum Gasteiger partial charge on any atom is -0.450 e. The minimum absolute atomic E-state index is 0.210. The third kappa shape index (κ3) is 2.07. The number of carbonyl (C=O) groups is 1. The van der Waals surface area contributed by atoms with Crippen molar-refractivity contribution < 1.29 is 9.53 Å². The first kappa shape index (κ1) is 12.4. The Labute approximate surface area is 114 Å². The number of anilines is 1. The third-order valence-corrected chi connectivity index (χ3v) is 4.00. The van der Waals surface area contributed by atoms with Crippen molar-refractivity contribution in [2.45, 2.75) is 25.3 Å². The van der Waals surface area contributed by atoms with Crippen LogP contribution >= 0.6 is 0 Å². The number of hydrogen-bond donors (Lipinski definition) is 1. The monoisotopic (exact) mass is 256 g/mol. The summed E-state index contributed by atoms with van der Waals surface area (Å²) in [6, 6.07) is 6.36. The van der Waals surface area contributed by atoms with Crippen molar-refractivity contribution in [3.63, 3.8) is 0 Å². The van der Waals surface area contributed by atoms with Gasteiger partial charge in [0.2, 0.25) is 0 Å². The van der Waals surface area contributed by atoms with E-state index < -0.39 is 0 Å². The van der Waals surface area contributed by atoms with Gasteiger partial charge in [0.15, 0.2) is 0 Å². The van der Waals surface area contributed by atoms with E-state index in [1.54, 1.807) is 4.90 Å². The number of hydrogen-bond acceptors (Lipinski definition) is 3. The van der Waals surface area contributed by atoms with E-state index in [2.05, 4.69) is 11.4 Å². The van der Waals surface area contributed by atoms with Gasteiger partial charge in [-0.1, -0.05) is 23.7 Å². The average Bonchev–Trinajstić information content (AvgIpc) is 2.78. The van der Waals surface area contributed by atoms with E-state index in [-0.39, 0.29) is 6.09 Å². The summed E-state index contributed by atoms with van der Waals surface area (Å²) < 4.78 is 5.08. The summed E-state index contributed by atoms with van der Waals surface area (Å²) in [7, 11) is 6.00. The molecule has 1 amide bonds. The SMILES string of the molecule is [B]c1cccc2c1N[C@H]1CCN(C(=O)OCC)C[C@@H]21. The zero-order valence-electron chi connectivity index (χ0n) is 11.1. The fourth-order valence-corrected chi connectivity index (χ4v) is 3.07. The summed E-state index contributed by atoms with van der Waals surface area (Å²) in [5.41, 5.74) is 3.05. The first-order valence-electron chi connectivity index (χ1n) is 6.77. The molecule has 3 rings (SSSR count). The molecule has 0 bridgehead atoms. The maximum atomic E-state index is 11.8. The zero-order chi connectivity index (χ0) is 13.4. The number of rotatable bonds is 1. The van der Waals surface area contributed by atoms with E-state index in [1.807, 2.05) is 19.1 Å². The number of ether oxygens (including phenoxy) is 1. The molecule has 1 saturated heterocycles. The van der Waals surface area contributed by atoms with Crippen molar-refractivity contribution >= 4 is 25.1 Å². The van der Waals surface area contributed by atoms with Crippen molar-refractivity contribution in [3.8, 4) is 0 Å². The second-order valence-corrected chi connectivity index (χ2v) is 5.10. The first-order valence-corrected chi connectivity index (χ1v) is 6.77. The predicted octanol–water partition coefficient (Wildman–Crippen LogP) is 1.22. The maximum Gasteiger partial charge on any atom is 0.409 e. The molecule has 2 aliphatic heterocycles. The Balaban J connectivity index is 1.81. The molecule has 0 unspecified atom stereocenters. The fraction of sp³-hybridized carbons (Fsp3) is 0.500. The molecule has 0 aromatic heterocycles. The van der Waals surface area contributed by atoms with Gasteiger partial charge in [0.05, 0.1) is 6.61 Å². The van der Waals surface area contributed by atoms with Gasteiger partial charge in [-0.15, -0.1) is 0 Å². The van der Waals surface area contributed by atoms with Gasteiger partial charge in [0, 0.05) is 30.7 Å². The van der Waals surface area contributed by atoms with Gasteiger partial charge in [0.25, 0.3) is 0 Å². The van der Waals surface area contributed by atoms with Gasteiger partial charge in [-0.2, -0.15) is 0 Å². The lowest BCUT2D eigenvalue weighted by Gasteiger charge is -2.34. The minimum atomic E-state index is -0.210. The third-order valence-electron chi connectivity index (χ3n) is 4.00. The van der Waals surface area contributed by atoms with E-state index in [1.165, 1.54) is 5.56 Å². The summed E-state index contributed by atoms with van der Waals surface area (Å²) in [4.78, 5) is 13.6. The van der Waals surface area contributed by atoms with Crippen LogP contribution in [0.25, 0.3) is 0 Å². The largest absolute Gasteiger partial charge is 0.450 e. The molecular formula is C14H17BN2O2. The molecule has 2 heterocycles. The zero-order valence-corrected chi connectivity index (χ0v) is 11.1. The molecule has 4 nitrogen and oxygen atoms in total. The van der Waals surface area contributed by atoms with Crippen molar-refractivity contribution in [1.82, 2.24) is 4.90 Å². The van der Waals surface area contributed by atoms with Crippen LogP contribution in [0.5, 0.6) is 0 Å². The summed E-state index contributed by atoms with van der Waals surface area (Å²) in [6.07, 6.45) is 0.718. The number of nitrogens with zero attached hydrogens (tertiary/aromatic N) is 1. The highest BCUT2D eigenvalue weighted by Crippen LogP contribution is 2.38. The van der Waals surface area contributed by atoms with Gasteiger partial charge in [-0.3, -0.25) is 0 Å². The molecule has 2 atom stereocenters. The van der Waals surface area contributed by atoms with Gasteiger partial charge in [0.1, 0.15) is 7.85 Å². The molecule has 1 N–H and O–H groups in total. The van der Waals surface area contributed by atoms with Crippen LogP contribution in [0, 0.1) is 0 Å². The number of fused-ring (bicyclic) bond motifs is 3. The Morgan fingerprint density at radius 3 is 3.21 bits per heavy atom. The number of benzene rings is 1. The van der Waals surface area contributed by atoms with Crippen LogP contribution in [0.3, 0.4) is 0 Å². The Kier molecular flexibility index (Phi) is 3.13. The van der Waals surface area contributed by atoms with Crippen molar-refractivity contribution in [2.24, 2.45) is 0 Å². The van der Waals surface area contributed by atoms with E-state index in [9.17, 15) is 4.79 Å². The number of piperidine rings is 1. The lowest BCUT2D eigenvalue weighted by atomic mass is 9.86. The molecule has 2 radical (unpaired) electrons. The topological polar surface area (TPSA) is 41.6 Å². The summed E-state index contributed by atoms with van der Waals surface area (Å²) in [5, 5.41) is 3.49. The van der Waals surface area contributed by atoms with Crippen molar-refractivity contribution in [3.05, 3.63) is 23.8 Å². The number of amides is 1. The molecule has 1 aromatic carbocycles. The average molecular weight is 256 g/mol. The van der Waals surface area contributed by atoms with Crippen molar-refractivity contribution in [2.75, 3.05) is 25.0 Å². The van der Waals surface area contributed by atoms with Gasteiger partial charge >= 0.3 is 6.09 Å². The highest BCUT2D eigenvalue weighted by atomic mass is 16.6. The van der Waals surface area contributed by atoms with Crippen LogP contribution < -0.4 is 10.8 Å². The summed E-state index contributed by atoms with van der Waals surface area (Å²) in [6.45, 7) is 3.69. The molecule has 0 saturated carbocycles. The number of carbonyl (C=O) groups excluding carboxylic acids is 1. The number of likely N-dealkylation sites (tertiary alicyclic amines) is 1. The van der Waals surface area contributed by atoms with Crippen LogP contribution in [0.1, 0.15) is 24.8 Å². The molecular weight excluding hydrogens is 239 g/mol. The highest BCUT2D eigenvalue weighted by molar-refractivity contribution is 6.36. The van der Waals surface area contributed by atoms with Crippen LogP contribution in [0.2, 0.25) is 0 Å². The summed E-state index contributed by atoms with van der Waals surface area (Å²) in [5.74, 6) is 0.316. The Morgan fingerprint density at radius 2 is 2.42 bits per heavy atom. The van der Waals surface area contributed by atoms with E-state index in [0.717, 1.165) is 24.1 Å². The molecule has 2 aliphatic rings. The molecule has 98 valence electrons. The molecule has 0 spiro atoms. The fourth-order valence-electron chi connectivity index (χ4n) is 3.07. The van der Waals surface area contributed by atoms with Crippen LogP contribution in [0.4, 0.5) is 10.5 Å². The Hall–Kier alpha value is -1.65. The highest BCUT2D eigenvalue weighted by Gasteiger charge is 2.38. The first-order chi connectivity index (χ1) is 9.20. The number of nitrogens with one attached hydrogen (secondary N) is 1. The van der Waals surface area contributed by atoms with Gasteiger partial charge < -0.3 is 15.0 Å². The standard InChI is InChI=1S/C14H17BN2O2/c1-2-19-14(18)17-7-6-12-10(8-17)9-4-3-5-11(15)13(9)16-12/h3-5,10,12,16H,2,6-8H2,1H3/t10-,12-/m0/s1. The van der Waals surface area contributed by atoms with Crippen molar-refractivity contribution in [1.29, 1.82) is 0 Å². The normalized spacial score (nSPS) is 24.4. The smallest absolute Gasteiger partial charge is 0.409 e. The van der Waals surface area contributed by atoms with Gasteiger partial charge in [-0.05, 0) is 18.9 Å².